The average molecular weight is 492 g/mol. The fourth-order valence-electron chi connectivity index (χ4n) is 8.53. The van der Waals surface area contributed by atoms with Gasteiger partial charge in [0.05, 0.1) is 17.7 Å². The summed E-state index contributed by atoms with van der Waals surface area (Å²) in [5.74, 6) is 1.82. The predicted molar refractivity (Wildman–Crippen MR) is 139 cm³/mol. The first-order chi connectivity index (χ1) is 16.6. The van der Waals surface area contributed by atoms with Crippen LogP contribution in [0.15, 0.2) is 5.16 Å². The third-order valence-electron chi connectivity index (χ3n) is 10.6. The van der Waals surface area contributed by atoms with Gasteiger partial charge in [-0.3, -0.25) is 5.41 Å². The van der Waals surface area contributed by atoms with E-state index in [1.165, 1.54) is 25.7 Å². The van der Waals surface area contributed by atoms with E-state index in [2.05, 4.69) is 24.3 Å². The molecule has 0 aromatic heterocycles. The molecular weight excluding hydrogens is 442 g/mol. The van der Waals surface area contributed by atoms with Gasteiger partial charge < -0.3 is 31.5 Å². The molecule has 8 nitrogen and oxygen atoms in total. The van der Waals surface area contributed by atoms with Gasteiger partial charge in [-0.1, -0.05) is 19.0 Å². The number of fused-ring (bicyclic) bond motifs is 5. The maximum Gasteiger partial charge on any atom is 0.186 e. The highest BCUT2D eigenvalue weighted by Gasteiger charge is 2.67. The van der Waals surface area contributed by atoms with E-state index >= 15 is 0 Å². The predicted octanol–water partition coefficient (Wildman–Crippen LogP) is 3.37. The van der Waals surface area contributed by atoms with E-state index in [9.17, 15) is 5.11 Å². The maximum absolute atomic E-state index is 12.3. The van der Waals surface area contributed by atoms with Gasteiger partial charge in [-0.25, -0.2) is 0 Å². The highest BCUT2D eigenvalue weighted by atomic mass is 16.6. The molecule has 0 amide bonds. The Bertz CT molecular complexity index is 780. The largest absolute Gasteiger partial charge is 0.394 e. The van der Waals surface area contributed by atoms with Crippen LogP contribution in [0.4, 0.5) is 0 Å². The number of hydrogen-bond acceptors (Lipinski definition) is 6. The van der Waals surface area contributed by atoms with Gasteiger partial charge in [0.15, 0.2) is 5.96 Å². The summed E-state index contributed by atoms with van der Waals surface area (Å²) in [6.07, 6.45) is 13.2. The van der Waals surface area contributed by atoms with E-state index in [1.54, 1.807) is 0 Å². The lowest BCUT2D eigenvalue weighted by molar-refractivity contribution is -0.207. The minimum atomic E-state index is -0.626. The number of guanidine groups is 1. The molecule has 7 N–H and O–H groups in total. The van der Waals surface area contributed by atoms with E-state index < -0.39 is 5.60 Å². The van der Waals surface area contributed by atoms with Crippen LogP contribution in [0, 0.1) is 39.9 Å². The van der Waals surface area contributed by atoms with Crippen LogP contribution in [0.25, 0.3) is 0 Å². The molecule has 0 bridgehead atoms. The molecule has 0 aliphatic heterocycles. The summed E-state index contributed by atoms with van der Waals surface area (Å²) in [5, 5.41) is 26.7. The Labute approximate surface area is 211 Å². The molecule has 0 radical (unpaired) electrons. The van der Waals surface area contributed by atoms with E-state index in [0.717, 1.165) is 45.1 Å². The van der Waals surface area contributed by atoms with Crippen molar-refractivity contribution < 1.29 is 14.7 Å². The van der Waals surface area contributed by atoms with Crippen molar-refractivity contribution in [1.29, 1.82) is 5.41 Å². The number of nitrogens with two attached hydrogens (primary N) is 2. The van der Waals surface area contributed by atoms with Gasteiger partial charge in [0.1, 0.15) is 6.61 Å². The van der Waals surface area contributed by atoms with Gasteiger partial charge in [-0.05, 0) is 101 Å². The Hall–Kier alpha value is -1.38. The Balaban J connectivity index is 1.39. The molecule has 0 aromatic carbocycles. The fourth-order valence-corrected chi connectivity index (χ4v) is 8.53. The summed E-state index contributed by atoms with van der Waals surface area (Å²) >= 11 is 0. The van der Waals surface area contributed by atoms with Gasteiger partial charge in [0, 0.05) is 24.2 Å². The van der Waals surface area contributed by atoms with Crippen LogP contribution in [0.2, 0.25) is 0 Å². The monoisotopic (exact) mass is 491 g/mol. The second kappa shape index (κ2) is 10.5. The van der Waals surface area contributed by atoms with Crippen molar-refractivity contribution in [1.82, 2.24) is 5.32 Å². The number of aliphatic hydroxyl groups is 1. The normalized spacial score (nSPS) is 43.7. The van der Waals surface area contributed by atoms with E-state index in [4.69, 9.17) is 26.5 Å². The van der Waals surface area contributed by atoms with Crippen LogP contribution >= 0.6 is 0 Å². The minimum Gasteiger partial charge on any atom is -0.394 e. The molecule has 4 saturated carbocycles. The van der Waals surface area contributed by atoms with Crippen LogP contribution in [0.3, 0.4) is 0 Å². The SMILES string of the molecule is CC(CO/N=C/C1CC[C@@]2(O)[C@@H]3CCC4CC(OCCCN)CC[C@]4(C)[C@@H]3CC[C@]12C)NC(=N)N. The van der Waals surface area contributed by atoms with Gasteiger partial charge in [0.2, 0.25) is 0 Å². The first kappa shape index (κ1) is 26.7. The number of rotatable bonds is 9. The Morgan fingerprint density at radius 3 is 2.71 bits per heavy atom. The van der Waals surface area contributed by atoms with Crippen molar-refractivity contribution in [2.75, 3.05) is 19.8 Å². The maximum atomic E-state index is 12.3. The minimum absolute atomic E-state index is 0.0637. The molecule has 4 aliphatic rings. The van der Waals surface area contributed by atoms with Crippen LogP contribution in [-0.2, 0) is 9.57 Å². The zero-order valence-corrected chi connectivity index (χ0v) is 22.1. The summed E-state index contributed by atoms with van der Waals surface area (Å²) in [6, 6.07) is -0.0757. The topological polar surface area (TPSA) is 139 Å². The van der Waals surface area contributed by atoms with E-state index in [1.807, 2.05) is 13.1 Å². The van der Waals surface area contributed by atoms with E-state index in [0.29, 0.717) is 42.4 Å². The van der Waals surface area contributed by atoms with Crippen molar-refractivity contribution in [3.05, 3.63) is 0 Å². The number of nitrogens with zero attached hydrogens (tertiary/aromatic N) is 1. The van der Waals surface area contributed by atoms with Crippen molar-refractivity contribution >= 4 is 12.2 Å². The summed E-state index contributed by atoms with van der Waals surface area (Å²) in [7, 11) is 0. The molecule has 9 atom stereocenters. The average Bonchev–Trinajstić information content (AvgIpc) is 3.07. The summed E-state index contributed by atoms with van der Waals surface area (Å²) in [4.78, 5) is 5.51. The van der Waals surface area contributed by atoms with Crippen LogP contribution < -0.4 is 16.8 Å². The highest BCUT2D eigenvalue weighted by Crippen LogP contribution is 2.68. The molecule has 8 heteroatoms. The second-order valence-corrected chi connectivity index (χ2v) is 12.4. The van der Waals surface area contributed by atoms with Gasteiger partial charge in [0.25, 0.3) is 0 Å². The first-order valence-electron chi connectivity index (χ1n) is 13.9. The molecule has 0 spiro atoms. The van der Waals surface area contributed by atoms with Crippen molar-refractivity contribution in [3.63, 3.8) is 0 Å². The lowest BCUT2D eigenvalue weighted by Crippen LogP contribution is -2.62. The zero-order valence-electron chi connectivity index (χ0n) is 22.1. The van der Waals surface area contributed by atoms with Gasteiger partial charge >= 0.3 is 0 Å². The quantitative estimate of drug-likeness (QED) is 0.145. The van der Waals surface area contributed by atoms with Crippen molar-refractivity contribution in [2.24, 2.45) is 51.1 Å². The molecule has 4 fully saturated rings. The molecule has 4 unspecified atom stereocenters. The highest BCUT2D eigenvalue weighted by molar-refractivity contribution is 5.74. The van der Waals surface area contributed by atoms with Gasteiger partial charge in [-0.2, -0.15) is 0 Å². The zero-order chi connectivity index (χ0) is 25.3. The molecule has 4 aliphatic carbocycles. The lowest BCUT2D eigenvalue weighted by atomic mass is 9.43. The second-order valence-electron chi connectivity index (χ2n) is 12.4. The molecule has 0 aromatic rings. The fraction of sp³-hybridized carbons (Fsp3) is 0.926. The van der Waals surface area contributed by atoms with Crippen molar-refractivity contribution in [3.8, 4) is 0 Å². The summed E-state index contributed by atoms with van der Waals surface area (Å²) in [5.41, 5.74) is 10.6. The summed E-state index contributed by atoms with van der Waals surface area (Å²) < 4.78 is 6.18. The third-order valence-corrected chi connectivity index (χ3v) is 10.6. The summed E-state index contributed by atoms with van der Waals surface area (Å²) in [6.45, 7) is 8.56. The van der Waals surface area contributed by atoms with Crippen LogP contribution in [0.5, 0.6) is 0 Å². The van der Waals surface area contributed by atoms with E-state index in [-0.39, 0.29) is 23.3 Å². The number of oxime groups is 1. The number of hydrogen-bond donors (Lipinski definition) is 5. The Morgan fingerprint density at radius 1 is 1.17 bits per heavy atom. The standard InChI is InChI=1S/C27H49N5O3/c1-18(32-24(29)30)17-35-31-16-20-7-12-27(33)23-6-5-19-15-21(34-14-4-13-28)8-10-25(19,2)22(23)9-11-26(20,27)3/h16,18-23,33H,4-15,17,28H2,1-3H3,(H4,29,30,32)/b31-16+/t18?,19?,20?,21?,22-,23-,25+,26-,27-/m1/s1. The number of ether oxygens (including phenoxy) is 1. The smallest absolute Gasteiger partial charge is 0.186 e. The van der Waals surface area contributed by atoms with Crippen molar-refractivity contribution in [2.45, 2.75) is 103 Å². The molecule has 200 valence electrons. The Kier molecular flexibility index (Phi) is 8.04. The van der Waals surface area contributed by atoms with Crippen LogP contribution in [-0.4, -0.2) is 54.8 Å². The molecular formula is C27H49N5O3. The third kappa shape index (κ3) is 4.95. The molecule has 0 saturated heterocycles. The van der Waals surface area contributed by atoms with Gasteiger partial charge in [-0.15, -0.1) is 0 Å². The molecule has 0 heterocycles. The van der Waals surface area contributed by atoms with Crippen LogP contribution in [0.1, 0.15) is 85.0 Å². The molecule has 4 rings (SSSR count). The molecule has 35 heavy (non-hydrogen) atoms. The lowest BCUT2D eigenvalue weighted by Gasteiger charge is -2.63. The first-order valence-corrected chi connectivity index (χ1v) is 13.9. The number of nitrogens with one attached hydrogen (secondary N) is 2. The Morgan fingerprint density at radius 2 is 1.97 bits per heavy atom.